The maximum absolute atomic E-state index is 12.1. The number of hydrogen-bond acceptors (Lipinski definition) is 3. The molecule has 1 aliphatic rings. The van der Waals surface area contributed by atoms with Crippen molar-refractivity contribution in [1.29, 1.82) is 0 Å². The zero-order valence-electron chi connectivity index (χ0n) is 8.81. The summed E-state index contributed by atoms with van der Waals surface area (Å²) in [6.07, 6.45) is -1.10. The predicted octanol–water partition coefficient (Wildman–Crippen LogP) is 1.04. The average Bonchev–Trinajstić information content (AvgIpc) is 2.22. The topological polar surface area (TPSA) is 46.1 Å². The van der Waals surface area contributed by atoms with Gasteiger partial charge in [0.15, 0.2) is 0 Å². The summed E-state index contributed by atoms with van der Waals surface area (Å²) >= 11 is 0. The largest absolute Gasteiger partial charge is 0.471 e. The van der Waals surface area contributed by atoms with Gasteiger partial charge < -0.3 is 4.90 Å². The number of rotatable bonds is 2. The monoisotopic (exact) mass is 245 g/mol. The quantitative estimate of drug-likeness (QED) is 0.782. The van der Waals surface area contributed by atoms with E-state index in [0.29, 0.717) is 12.2 Å². The van der Waals surface area contributed by atoms with Crippen LogP contribution in [0.5, 0.6) is 0 Å². The average molecular weight is 245 g/mol. The van der Waals surface area contributed by atoms with Crippen LogP contribution in [0.2, 0.25) is 0 Å². The molecule has 2 rings (SSSR count). The molecule has 1 aromatic rings. The molecule has 4 nitrogen and oxygen atoms in total. The molecule has 92 valence electrons. The van der Waals surface area contributed by atoms with E-state index in [2.05, 4.69) is 9.97 Å². The third-order valence-electron chi connectivity index (χ3n) is 2.58. The fourth-order valence-corrected chi connectivity index (χ4v) is 1.74. The molecule has 0 N–H and O–H groups in total. The smallest absolute Gasteiger partial charge is 0.334 e. The molecular formula is C10H10F3N3O. The Morgan fingerprint density at radius 2 is 1.94 bits per heavy atom. The van der Waals surface area contributed by atoms with Crippen molar-refractivity contribution in [3.8, 4) is 0 Å². The maximum atomic E-state index is 12.1. The molecule has 1 aromatic heterocycles. The molecule has 0 aromatic carbocycles. The summed E-state index contributed by atoms with van der Waals surface area (Å²) < 4.78 is 36.2. The molecule has 0 atom stereocenters. The Morgan fingerprint density at radius 3 is 2.47 bits per heavy atom. The highest BCUT2D eigenvalue weighted by molar-refractivity contribution is 5.82. The van der Waals surface area contributed by atoms with Gasteiger partial charge in [-0.05, 0) is 6.07 Å². The number of hydrogen-bond donors (Lipinski definition) is 0. The molecule has 17 heavy (non-hydrogen) atoms. The second-order valence-corrected chi connectivity index (χ2v) is 3.94. The minimum atomic E-state index is -4.77. The third kappa shape index (κ3) is 2.72. The van der Waals surface area contributed by atoms with Gasteiger partial charge in [-0.3, -0.25) is 4.79 Å². The lowest BCUT2D eigenvalue weighted by molar-refractivity contribution is -0.191. The standard InChI is InChI=1S/C10H10F3N3O/c11-10(12,13)9(17)16-5-7(6-16)4-8-14-2-1-3-15-8/h1-3,7H,4-6H2. The van der Waals surface area contributed by atoms with Gasteiger partial charge in [0.2, 0.25) is 0 Å². The lowest BCUT2D eigenvalue weighted by Gasteiger charge is -2.39. The van der Waals surface area contributed by atoms with Crippen LogP contribution in [0.3, 0.4) is 0 Å². The number of carbonyl (C=O) groups is 1. The highest BCUT2D eigenvalue weighted by Crippen LogP contribution is 2.25. The number of aromatic nitrogens is 2. The zero-order chi connectivity index (χ0) is 12.5. The molecule has 0 aliphatic carbocycles. The van der Waals surface area contributed by atoms with E-state index in [9.17, 15) is 18.0 Å². The van der Waals surface area contributed by atoms with Crippen LogP contribution < -0.4 is 0 Å². The van der Waals surface area contributed by atoms with E-state index in [4.69, 9.17) is 0 Å². The molecule has 0 saturated carbocycles. The zero-order valence-corrected chi connectivity index (χ0v) is 8.81. The Morgan fingerprint density at radius 1 is 1.35 bits per heavy atom. The van der Waals surface area contributed by atoms with Gasteiger partial charge in [0.25, 0.3) is 0 Å². The summed E-state index contributed by atoms with van der Waals surface area (Å²) in [5, 5.41) is 0. The Hall–Kier alpha value is -1.66. The molecule has 1 aliphatic heterocycles. The van der Waals surface area contributed by atoms with Crippen molar-refractivity contribution in [2.24, 2.45) is 5.92 Å². The summed E-state index contributed by atoms with van der Waals surface area (Å²) in [7, 11) is 0. The molecular weight excluding hydrogens is 235 g/mol. The first-order valence-corrected chi connectivity index (χ1v) is 5.09. The maximum Gasteiger partial charge on any atom is 0.471 e. The Kier molecular flexibility index (Phi) is 2.99. The van der Waals surface area contributed by atoms with Crippen LogP contribution in [-0.2, 0) is 11.2 Å². The number of amides is 1. The number of alkyl halides is 3. The van der Waals surface area contributed by atoms with E-state index in [0.717, 1.165) is 4.90 Å². The van der Waals surface area contributed by atoms with Gasteiger partial charge in [0, 0.05) is 37.8 Å². The molecule has 0 bridgehead atoms. The van der Waals surface area contributed by atoms with Crippen LogP contribution in [0.25, 0.3) is 0 Å². The van der Waals surface area contributed by atoms with Gasteiger partial charge in [-0.2, -0.15) is 13.2 Å². The second-order valence-electron chi connectivity index (χ2n) is 3.94. The van der Waals surface area contributed by atoms with Gasteiger partial charge in [-0.25, -0.2) is 9.97 Å². The Labute approximate surface area is 95.5 Å². The van der Waals surface area contributed by atoms with E-state index >= 15 is 0 Å². The normalized spacial score (nSPS) is 16.8. The first-order valence-electron chi connectivity index (χ1n) is 5.09. The van der Waals surface area contributed by atoms with Crippen LogP contribution in [0.15, 0.2) is 18.5 Å². The number of likely N-dealkylation sites (tertiary alicyclic amines) is 1. The first kappa shape index (κ1) is 11.8. The van der Waals surface area contributed by atoms with Crippen LogP contribution in [0, 0.1) is 5.92 Å². The summed E-state index contributed by atoms with van der Waals surface area (Å²) in [5.41, 5.74) is 0. The van der Waals surface area contributed by atoms with Gasteiger partial charge in [0.05, 0.1) is 0 Å². The first-order chi connectivity index (χ1) is 7.97. The lowest BCUT2D eigenvalue weighted by Crippen LogP contribution is -2.55. The van der Waals surface area contributed by atoms with Crippen LogP contribution in [-0.4, -0.2) is 40.0 Å². The number of carbonyl (C=O) groups excluding carboxylic acids is 1. The molecule has 1 saturated heterocycles. The van der Waals surface area contributed by atoms with Crippen molar-refractivity contribution < 1.29 is 18.0 Å². The lowest BCUT2D eigenvalue weighted by atomic mass is 9.96. The molecule has 0 unspecified atom stereocenters. The highest BCUT2D eigenvalue weighted by Gasteiger charge is 2.46. The Bertz CT molecular complexity index is 401. The fourth-order valence-electron chi connectivity index (χ4n) is 1.74. The third-order valence-corrected chi connectivity index (χ3v) is 2.58. The highest BCUT2D eigenvalue weighted by atomic mass is 19.4. The van der Waals surface area contributed by atoms with Crippen molar-refractivity contribution in [2.75, 3.05) is 13.1 Å². The molecule has 0 spiro atoms. The van der Waals surface area contributed by atoms with E-state index in [1.54, 1.807) is 18.5 Å². The summed E-state index contributed by atoms with van der Waals surface area (Å²) in [4.78, 5) is 19.6. The van der Waals surface area contributed by atoms with E-state index in [1.165, 1.54) is 0 Å². The van der Waals surface area contributed by atoms with Crippen LogP contribution >= 0.6 is 0 Å². The van der Waals surface area contributed by atoms with Crippen LogP contribution in [0.1, 0.15) is 5.82 Å². The van der Waals surface area contributed by atoms with Crippen molar-refractivity contribution in [2.45, 2.75) is 12.6 Å². The number of nitrogens with zero attached hydrogens (tertiary/aromatic N) is 3. The molecule has 2 heterocycles. The SMILES string of the molecule is O=C(N1CC(Cc2ncccn2)C1)C(F)(F)F. The minimum absolute atomic E-state index is 0.0173. The van der Waals surface area contributed by atoms with Crippen molar-refractivity contribution in [3.05, 3.63) is 24.3 Å². The van der Waals surface area contributed by atoms with Gasteiger partial charge in [-0.15, -0.1) is 0 Å². The van der Waals surface area contributed by atoms with Crippen molar-refractivity contribution in [1.82, 2.24) is 14.9 Å². The Balaban J connectivity index is 1.82. The molecule has 7 heteroatoms. The van der Waals surface area contributed by atoms with E-state index in [-0.39, 0.29) is 19.0 Å². The summed E-state index contributed by atoms with van der Waals surface area (Å²) in [6.45, 7) is 0.243. The number of halogens is 3. The summed E-state index contributed by atoms with van der Waals surface area (Å²) in [5.74, 6) is -1.15. The van der Waals surface area contributed by atoms with E-state index in [1.807, 2.05) is 0 Å². The van der Waals surface area contributed by atoms with Gasteiger partial charge >= 0.3 is 12.1 Å². The molecule has 1 amide bonds. The minimum Gasteiger partial charge on any atom is -0.334 e. The molecule has 0 radical (unpaired) electrons. The van der Waals surface area contributed by atoms with Gasteiger partial charge in [-0.1, -0.05) is 0 Å². The van der Waals surface area contributed by atoms with Crippen LogP contribution in [0.4, 0.5) is 13.2 Å². The second kappa shape index (κ2) is 4.31. The van der Waals surface area contributed by atoms with E-state index < -0.39 is 12.1 Å². The van der Waals surface area contributed by atoms with Crippen molar-refractivity contribution in [3.63, 3.8) is 0 Å². The van der Waals surface area contributed by atoms with Crippen molar-refractivity contribution >= 4 is 5.91 Å². The predicted molar refractivity (Wildman–Crippen MR) is 51.9 cm³/mol. The fraction of sp³-hybridized carbons (Fsp3) is 0.500. The molecule has 1 fully saturated rings. The van der Waals surface area contributed by atoms with Gasteiger partial charge in [0.1, 0.15) is 5.82 Å². The summed E-state index contributed by atoms with van der Waals surface area (Å²) in [6, 6.07) is 1.67.